The highest BCUT2D eigenvalue weighted by atomic mass is 16.3. The van der Waals surface area contributed by atoms with E-state index in [1.54, 1.807) is 13.3 Å². The lowest BCUT2D eigenvalue weighted by molar-refractivity contribution is -0.138. The molecule has 1 saturated heterocycles. The van der Waals surface area contributed by atoms with Crippen LogP contribution in [0, 0.1) is 23.2 Å². The molecule has 1 saturated carbocycles. The van der Waals surface area contributed by atoms with Crippen LogP contribution in [0.3, 0.4) is 0 Å². The van der Waals surface area contributed by atoms with Gasteiger partial charge in [0.15, 0.2) is 0 Å². The monoisotopic (exact) mass is 384 g/mol. The van der Waals surface area contributed by atoms with E-state index in [0.29, 0.717) is 23.7 Å². The first-order chi connectivity index (χ1) is 13.3. The van der Waals surface area contributed by atoms with Crippen molar-refractivity contribution in [1.82, 2.24) is 19.9 Å². The van der Waals surface area contributed by atoms with Gasteiger partial charge in [-0.2, -0.15) is 0 Å². The van der Waals surface area contributed by atoms with E-state index in [1.165, 1.54) is 0 Å². The number of aromatic amines is 1. The van der Waals surface area contributed by atoms with Crippen LogP contribution < -0.4 is 0 Å². The molecule has 2 fully saturated rings. The van der Waals surface area contributed by atoms with Crippen LogP contribution in [0.5, 0.6) is 0 Å². The van der Waals surface area contributed by atoms with Gasteiger partial charge in [-0.15, -0.1) is 0 Å². The molecule has 1 aliphatic carbocycles. The quantitative estimate of drug-likeness (QED) is 0.828. The van der Waals surface area contributed by atoms with E-state index in [4.69, 9.17) is 0 Å². The zero-order chi connectivity index (χ0) is 20.1. The molecule has 0 spiro atoms. The highest BCUT2D eigenvalue weighted by molar-refractivity contribution is 5.80. The molecule has 1 amide bonds. The van der Waals surface area contributed by atoms with Crippen LogP contribution >= 0.6 is 0 Å². The SMILES string of the molecule is CC(O)C(=O)N1CC2CC(CC(c3ncnc4[nH]ccc34)C(C)C)CC2(C)C1. The third kappa shape index (κ3) is 3.32. The molecule has 0 radical (unpaired) electrons. The summed E-state index contributed by atoms with van der Waals surface area (Å²) in [6.07, 6.45) is 6.15. The first kappa shape index (κ1) is 19.4. The van der Waals surface area contributed by atoms with Gasteiger partial charge in [0.25, 0.3) is 5.91 Å². The van der Waals surface area contributed by atoms with Gasteiger partial charge in [-0.1, -0.05) is 20.8 Å². The van der Waals surface area contributed by atoms with Crippen molar-refractivity contribution in [2.75, 3.05) is 13.1 Å². The molecule has 152 valence electrons. The highest BCUT2D eigenvalue weighted by Gasteiger charge is 2.51. The average Bonchev–Trinajstić information content (AvgIpc) is 3.29. The minimum atomic E-state index is -0.898. The minimum absolute atomic E-state index is 0.122. The molecular formula is C22H32N4O2. The molecule has 28 heavy (non-hydrogen) atoms. The Kier molecular flexibility index (Phi) is 4.94. The fourth-order valence-electron chi connectivity index (χ4n) is 5.71. The van der Waals surface area contributed by atoms with E-state index in [9.17, 15) is 9.90 Å². The minimum Gasteiger partial charge on any atom is -0.384 e. The molecule has 2 aliphatic rings. The molecule has 2 aromatic rings. The van der Waals surface area contributed by atoms with Crippen LogP contribution in [-0.2, 0) is 4.79 Å². The number of nitrogens with zero attached hydrogens (tertiary/aromatic N) is 3. The number of rotatable bonds is 5. The van der Waals surface area contributed by atoms with E-state index in [0.717, 1.165) is 49.1 Å². The summed E-state index contributed by atoms with van der Waals surface area (Å²) < 4.78 is 0. The predicted octanol–water partition coefficient (Wildman–Crippen LogP) is 3.34. The number of aromatic nitrogens is 3. The summed E-state index contributed by atoms with van der Waals surface area (Å²) in [4.78, 5) is 26.3. The molecule has 2 aromatic heterocycles. The lowest BCUT2D eigenvalue weighted by Crippen LogP contribution is -2.37. The second-order valence-corrected chi connectivity index (χ2v) is 9.64. The Labute approximate surface area is 166 Å². The first-order valence-corrected chi connectivity index (χ1v) is 10.5. The largest absolute Gasteiger partial charge is 0.384 e. The number of aliphatic hydroxyl groups is 1. The second kappa shape index (κ2) is 7.14. The Morgan fingerprint density at radius 3 is 2.86 bits per heavy atom. The fraction of sp³-hybridized carbons (Fsp3) is 0.682. The Morgan fingerprint density at radius 2 is 2.18 bits per heavy atom. The van der Waals surface area contributed by atoms with Crippen LogP contribution in [0.1, 0.15) is 58.6 Å². The maximum atomic E-state index is 12.2. The zero-order valence-electron chi connectivity index (χ0n) is 17.4. The molecule has 6 heteroatoms. The van der Waals surface area contributed by atoms with Crippen molar-refractivity contribution in [3.63, 3.8) is 0 Å². The summed E-state index contributed by atoms with van der Waals surface area (Å²) in [6.45, 7) is 10.0. The number of amides is 1. The molecule has 5 unspecified atom stereocenters. The van der Waals surface area contributed by atoms with Gasteiger partial charge < -0.3 is 15.0 Å². The van der Waals surface area contributed by atoms with Crippen LogP contribution in [0.15, 0.2) is 18.6 Å². The number of carbonyl (C=O) groups is 1. The molecule has 4 rings (SSSR count). The molecule has 5 atom stereocenters. The topological polar surface area (TPSA) is 82.1 Å². The van der Waals surface area contributed by atoms with Gasteiger partial charge in [-0.3, -0.25) is 4.79 Å². The molecule has 2 N–H and O–H groups in total. The van der Waals surface area contributed by atoms with Gasteiger partial charge in [0.2, 0.25) is 0 Å². The number of aliphatic hydroxyl groups excluding tert-OH is 1. The normalized spacial score (nSPS) is 29.4. The summed E-state index contributed by atoms with van der Waals surface area (Å²) in [5.41, 5.74) is 2.25. The molecule has 3 heterocycles. The number of hydrogen-bond acceptors (Lipinski definition) is 4. The lowest BCUT2D eigenvalue weighted by atomic mass is 9.80. The Morgan fingerprint density at radius 1 is 1.39 bits per heavy atom. The highest BCUT2D eigenvalue weighted by Crippen LogP contribution is 2.53. The van der Waals surface area contributed by atoms with E-state index < -0.39 is 6.10 Å². The second-order valence-electron chi connectivity index (χ2n) is 9.64. The Bertz CT molecular complexity index is 861. The number of fused-ring (bicyclic) bond motifs is 2. The van der Waals surface area contributed by atoms with E-state index in [2.05, 4.69) is 41.8 Å². The van der Waals surface area contributed by atoms with Crippen molar-refractivity contribution in [1.29, 1.82) is 0 Å². The van der Waals surface area contributed by atoms with Crippen molar-refractivity contribution in [3.8, 4) is 0 Å². The van der Waals surface area contributed by atoms with Gasteiger partial charge in [0.05, 0.1) is 5.69 Å². The third-order valence-electron chi connectivity index (χ3n) is 7.15. The van der Waals surface area contributed by atoms with E-state index >= 15 is 0 Å². The predicted molar refractivity (Wildman–Crippen MR) is 109 cm³/mol. The maximum Gasteiger partial charge on any atom is 0.251 e. The van der Waals surface area contributed by atoms with Crippen LogP contribution in [0.4, 0.5) is 0 Å². The Balaban J connectivity index is 1.49. The molecule has 0 bridgehead atoms. The smallest absolute Gasteiger partial charge is 0.251 e. The average molecular weight is 385 g/mol. The Hall–Kier alpha value is -1.95. The van der Waals surface area contributed by atoms with Crippen molar-refractivity contribution in [2.24, 2.45) is 23.2 Å². The number of likely N-dealkylation sites (tertiary alicyclic amines) is 1. The number of H-pyrrole nitrogens is 1. The van der Waals surface area contributed by atoms with Crippen molar-refractivity contribution < 1.29 is 9.90 Å². The summed E-state index contributed by atoms with van der Waals surface area (Å²) in [5.74, 6) is 1.97. The van der Waals surface area contributed by atoms with Gasteiger partial charge >= 0.3 is 0 Å². The number of carbonyl (C=O) groups excluding carboxylic acids is 1. The summed E-state index contributed by atoms with van der Waals surface area (Å²) >= 11 is 0. The van der Waals surface area contributed by atoms with Gasteiger partial charge in [0.1, 0.15) is 18.1 Å². The van der Waals surface area contributed by atoms with Crippen LogP contribution in [0.25, 0.3) is 11.0 Å². The zero-order valence-corrected chi connectivity index (χ0v) is 17.4. The number of hydrogen-bond donors (Lipinski definition) is 2. The maximum absolute atomic E-state index is 12.2. The van der Waals surface area contributed by atoms with Crippen molar-refractivity contribution >= 4 is 16.9 Å². The molecular weight excluding hydrogens is 352 g/mol. The number of nitrogens with one attached hydrogen (secondary N) is 1. The van der Waals surface area contributed by atoms with Gasteiger partial charge in [-0.05, 0) is 55.4 Å². The standard InChI is InChI=1S/C22H32N4O2/c1-13(2)18(19-17-5-6-23-20(17)25-12-24-19)8-15-7-16-10-26(21(28)14(3)27)11-22(16,4)9-15/h5-6,12-16,18,27H,7-11H2,1-4H3,(H,23,24,25). The van der Waals surface area contributed by atoms with Crippen LogP contribution in [-0.4, -0.2) is 50.1 Å². The van der Waals surface area contributed by atoms with Crippen molar-refractivity contribution in [3.05, 3.63) is 24.3 Å². The molecule has 6 nitrogen and oxygen atoms in total. The van der Waals surface area contributed by atoms with Crippen LogP contribution in [0.2, 0.25) is 0 Å². The third-order valence-corrected chi connectivity index (χ3v) is 7.15. The molecule has 0 aromatic carbocycles. The van der Waals surface area contributed by atoms with Gasteiger partial charge in [0, 0.05) is 30.6 Å². The first-order valence-electron chi connectivity index (χ1n) is 10.5. The molecule has 1 aliphatic heterocycles. The lowest BCUT2D eigenvalue weighted by Gasteiger charge is -2.28. The fourth-order valence-corrected chi connectivity index (χ4v) is 5.71. The van der Waals surface area contributed by atoms with Gasteiger partial charge in [-0.25, -0.2) is 9.97 Å². The van der Waals surface area contributed by atoms with E-state index in [-0.39, 0.29) is 11.3 Å². The summed E-state index contributed by atoms with van der Waals surface area (Å²) in [7, 11) is 0. The van der Waals surface area contributed by atoms with E-state index in [1.807, 2.05) is 11.1 Å². The summed E-state index contributed by atoms with van der Waals surface area (Å²) in [6, 6.07) is 2.09. The summed E-state index contributed by atoms with van der Waals surface area (Å²) in [5, 5.41) is 10.8. The van der Waals surface area contributed by atoms with Crippen molar-refractivity contribution in [2.45, 2.75) is 59.0 Å².